The van der Waals surface area contributed by atoms with Crippen LogP contribution < -0.4 is 16.6 Å². The Hall–Kier alpha value is -1.82. The number of anilines is 2. The number of halogens is 1. The van der Waals surface area contributed by atoms with Crippen LogP contribution in [0.4, 0.5) is 20.6 Å². The standard InChI is InChI=1S/C11H16FN3O2/c1-11(2,3)17-10(16)14-7-4-5-9(15-13)8(12)6-7/h4-6,15H,13H2,1-3H3,(H,14,16). The number of carbonyl (C=O) groups is 1. The van der Waals surface area contributed by atoms with Crippen molar-refractivity contribution >= 4 is 17.5 Å². The highest BCUT2D eigenvalue weighted by molar-refractivity contribution is 5.85. The highest BCUT2D eigenvalue weighted by Crippen LogP contribution is 2.18. The number of benzene rings is 1. The van der Waals surface area contributed by atoms with Crippen molar-refractivity contribution in [2.45, 2.75) is 26.4 Å². The van der Waals surface area contributed by atoms with Gasteiger partial charge in [0.25, 0.3) is 0 Å². The van der Waals surface area contributed by atoms with Crippen LogP contribution in [0.3, 0.4) is 0 Å². The fourth-order valence-corrected chi connectivity index (χ4v) is 1.13. The summed E-state index contributed by atoms with van der Waals surface area (Å²) in [6.07, 6.45) is -0.634. The molecule has 0 atom stereocenters. The van der Waals surface area contributed by atoms with Crippen LogP contribution in [0, 0.1) is 5.82 Å². The zero-order chi connectivity index (χ0) is 13.1. The van der Waals surface area contributed by atoms with Crippen molar-refractivity contribution in [3.05, 3.63) is 24.0 Å². The Morgan fingerprint density at radius 2 is 2.06 bits per heavy atom. The monoisotopic (exact) mass is 241 g/mol. The van der Waals surface area contributed by atoms with Crippen molar-refractivity contribution in [1.82, 2.24) is 0 Å². The van der Waals surface area contributed by atoms with Gasteiger partial charge in [-0.25, -0.2) is 9.18 Å². The number of amides is 1. The largest absolute Gasteiger partial charge is 0.444 e. The Balaban J connectivity index is 2.69. The normalized spacial score (nSPS) is 10.9. The average Bonchev–Trinajstić information content (AvgIpc) is 2.14. The molecule has 0 fully saturated rings. The molecule has 1 amide bonds. The summed E-state index contributed by atoms with van der Waals surface area (Å²) in [5.74, 6) is 4.53. The molecule has 17 heavy (non-hydrogen) atoms. The number of ether oxygens (including phenoxy) is 1. The van der Waals surface area contributed by atoms with Gasteiger partial charge in [-0.1, -0.05) is 0 Å². The zero-order valence-electron chi connectivity index (χ0n) is 10.0. The van der Waals surface area contributed by atoms with Crippen LogP contribution in [-0.4, -0.2) is 11.7 Å². The molecule has 4 N–H and O–H groups in total. The summed E-state index contributed by atoms with van der Waals surface area (Å²) >= 11 is 0. The zero-order valence-corrected chi connectivity index (χ0v) is 10.0. The first-order valence-electron chi connectivity index (χ1n) is 5.08. The van der Waals surface area contributed by atoms with Crippen molar-refractivity contribution in [3.63, 3.8) is 0 Å². The van der Waals surface area contributed by atoms with E-state index in [0.717, 1.165) is 6.07 Å². The Morgan fingerprint density at radius 1 is 1.41 bits per heavy atom. The predicted molar refractivity (Wildman–Crippen MR) is 64.1 cm³/mol. The molecule has 0 unspecified atom stereocenters. The van der Waals surface area contributed by atoms with Gasteiger partial charge in [0.15, 0.2) is 0 Å². The molecular formula is C11H16FN3O2. The molecule has 1 rings (SSSR count). The van der Waals surface area contributed by atoms with Crippen LogP contribution in [-0.2, 0) is 4.74 Å². The van der Waals surface area contributed by atoms with E-state index < -0.39 is 17.5 Å². The van der Waals surface area contributed by atoms with Crippen molar-refractivity contribution in [2.75, 3.05) is 10.7 Å². The number of hydrazine groups is 1. The number of hydrogen-bond acceptors (Lipinski definition) is 4. The summed E-state index contributed by atoms with van der Waals surface area (Å²) < 4.78 is 18.3. The quantitative estimate of drug-likeness (QED) is 0.549. The van der Waals surface area contributed by atoms with Crippen LogP contribution in [0.1, 0.15) is 20.8 Å². The molecule has 0 aliphatic heterocycles. The Bertz CT molecular complexity index is 416. The van der Waals surface area contributed by atoms with E-state index in [-0.39, 0.29) is 5.69 Å². The van der Waals surface area contributed by atoms with Crippen LogP contribution >= 0.6 is 0 Å². The maximum absolute atomic E-state index is 13.3. The second-order valence-corrected chi connectivity index (χ2v) is 4.47. The van der Waals surface area contributed by atoms with Gasteiger partial charge in [-0.15, -0.1) is 0 Å². The topological polar surface area (TPSA) is 76.4 Å². The molecule has 0 saturated heterocycles. The highest BCUT2D eigenvalue weighted by atomic mass is 19.1. The maximum Gasteiger partial charge on any atom is 0.412 e. The Labute approximate surface area is 99.1 Å². The van der Waals surface area contributed by atoms with Gasteiger partial charge >= 0.3 is 6.09 Å². The van der Waals surface area contributed by atoms with Gasteiger partial charge in [-0.2, -0.15) is 0 Å². The van der Waals surface area contributed by atoms with Crippen molar-refractivity contribution in [3.8, 4) is 0 Å². The molecule has 0 saturated carbocycles. The number of rotatable bonds is 2. The van der Waals surface area contributed by atoms with Gasteiger partial charge < -0.3 is 10.2 Å². The van der Waals surface area contributed by atoms with Gasteiger partial charge in [-0.3, -0.25) is 11.2 Å². The summed E-state index contributed by atoms with van der Waals surface area (Å²) in [6, 6.07) is 4.09. The van der Waals surface area contributed by atoms with Crippen LogP contribution in [0.15, 0.2) is 18.2 Å². The van der Waals surface area contributed by atoms with E-state index in [9.17, 15) is 9.18 Å². The van der Waals surface area contributed by atoms with E-state index in [1.807, 2.05) is 0 Å². The van der Waals surface area contributed by atoms with Gasteiger partial charge in [0.2, 0.25) is 0 Å². The maximum atomic E-state index is 13.3. The van der Waals surface area contributed by atoms with Crippen molar-refractivity contribution in [2.24, 2.45) is 5.84 Å². The fourth-order valence-electron chi connectivity index (χ4n) is 1.13. The smallest absolute Gasteiger partial charge is 0.412 e. The van der Waals surface area contributed by atoms with Gasteiger partial charge in [0, 0.05) is 5.69 Å². The number of carbonyl (C=O) groups excluding carboxylic acids is 1. The second-order valence-electron chi connectivity index (χ2n) is 4.47. The molecule has 0 aliphatic rings. The molecule has 0 heterocycles. The lowest BCUT2D eigenvalue weighted by Crippen LogP contribution is -2.27. The second kappa shape index (κ2) is 5.01. The summed E-state index contributed by atoms with van der Waals surface area (Å²) in [6.45, 7) is 5.23. The van der Waals surface area contributed by atoms with Gasteiger partial charge in [-0.05, 0) is 39.0 Å². The molecule has 0 bridgehead atoms. The fraction of sp³-hybridized carbons (Fsp3) is 0.364. The first-order chi connectivity index (χ1) is 7.81. The molecule has 0 spiro atoms. The van der Waals surface area contributed by atoms with Gasteiger partial charge in [0.05, 0.1) is 5.69 Å². The van der Waals surface area contributed by atoms with E-state index in [1.165, 1.54) is 12.1 Å². The minimum absolute atomic E-state index is 0.153. The molecule has 0 radical (unpaired) electrons. The SMILES string of the molecule is CC(C)(C)OC(=O)Nc1ccc(NN)c(F)c1. The summed E-state index contributed by atoms with van der Waals surface area (Å²) in [5, 5.41) is 2.42. The molecule has 0 aliphatic carbocycles. The Kier molecular flexibility index (Phi) is 3.90. The number of nitrogens with two attached hydrogens (primary N) is 1. The molecule has 0 aromatic heterocycles. The van der Waals surface area contributed by atoms with Crippen molar-refractivity contribution in [1.29, 1.82) is 0 Å². The molecule has 1 aromatic carbocycles. The third-order valence-corrected chi connectivity index (χ3v) is 1.77. The minimum Gasteiger partial charge on any atom is -0.444 e. The summed E-state index contributed by atoms with van der Waals surface area (Å²) in [5.41, 5.74) is 2.05. The van der Waals surface area contributed by atoms with Crippen molar-refractivity contribution < 1.29 is 13.9 Å². The molecular weight excluding hydrogens is 225 g/mol. The first kappa shape index (κ1) is 13.2. The first-order valence-corrected chi connectivity index (χ1v) is 5.08. The summed E-state index contributed by atoms with van der Waals surface area (Å²) in [7, 11) is 0. The summed E-state index contributed by atoms with van der Waals surface area (Å²) in [4.78, 5) is 11.4. The number of nitrogen functional groups attached to an aromatic ring is 1. The van der Waals surface area contributed by atoms with E-state index >= 15 is 0 Å². The van der Waals surface area contributed by atoms with E-state index in [0.29, 0.717) is 5.69 Å². The third-order valence-electron chi connectivity index (χ3n) is 1.77. The molecule has 6 heteroatoms. The predicted octanol–water partition coefficient (Wildman–Crippen LogP) is 2.46. The van der Waals surface area contributed by atoms with Crippen LogP contribution in [0.25, 0.3) is 0 Å². The highest BCUT2D eigenvalue weighted by Gasteiger charge is 2.16. The van der Waals surface area contributed by atoms with E-state index in [1.54, 1.807) is 20.8 Å². The molecule has 1 aromatic rings. The number of nitrogens with one attached hydrogen (secondary N) is 2. The molecule has 5 nitrogen and oxygen atoms in total. The Morgan fingerprint density at radius 3 is 2.53 bits per heavy atom. The van der Waals surface area contributed by atoms with E-state index in [2.05, 4.69) is 10.7 Å². The average molecular weight is 241 g/mol. The van der Waals surface area contributed by atoms with Gasteiger partial charge in [0.1, 0.15) is 11.4 Å². The lowest BCUT2D eigenvalue weighted by atomic mass is 10.2. The third kappa shape index (κ3) is 4.28. The van der Waals surface area contributed by atoms with Crippen LogP contribution in [0.5, 0.6) is 0 Å². The van der Waals surface area contributed by atoms with E-state index in [4.69, 9.17) is 10.6 Å². The van der Waals surface area contributed by atoms with Crippen LogP contribution in [0.2, 0.25) is 0 Å². The molecule has 94 valence electrons. The lowest BCUT2D eigenvalue weighted by molar-refractivity contribution is 0.0636. The number of hydrogen-bond donors (Lipinski definition) is 3. The minimum atomic E-state index is -0.634. The lowest BCUT2D eigenvalue weighted by Gasteiger charge is -2.19.